The summed E-state index contributed by atoms with van der Waals surface area (Å²) in [5.74, 6) is 1.10. The Bertz CT molecular complexity index is 1230. The van der Waals surface area contributed by atoms with E-state index in [9.17, 15) is 14.7 Å². The van der Waals surface area contributed by atoms with Gasteiger partial charge in [-0.15, -0.1) is 0 Å². The van der Waals surface area contributed by atoms with Crippen molar-refractivity contribution in [2.45, 2.75) is 44.8 Å². The van der Waals surface area contributed by atoms with E-state index in [0.717, 1.165) is 35.0 Å². The Balaban J connectivity index is 1.45. The molecule has 1 aromatic carbocycles. The van der Waals surface area contributed by atoms with Crippen LogP contribution < -0.4 is 10.1 Å². The number of ether oxygens (including phenoxy) is 1. The molecule has 3 aromatic rings. The number of carbonyl (C=O) groups excluding carboxylic acids is 2. The van der Waals surface area contributed by atoms with Gasteiger partial charge in [-0.3, -0.25) is 9.59 Å². The van der Waals surface area contributed by atoms with Crippen LogP contribution in [0.5, 0.6) is 11.5 Å². The number of amides is 2. The third kappa shape index (κ3) is 3.14. The molecule has 0 unspecified atom stereocenters. The number of hydrogen-bond acceptors (Lipinski definition) is 5. The van der Waals surface area contributed by atoms with E-state index in [4.69, 9.17) is 4.74 Å². The van der Waals surface area contributed by atoms with Gasteiger partial charge in [0.15, 0.2) is 5.75 Å². The Labute approximate surface area is 185 Å². The van der Waals surface area contributed by atoms with Crippen LogP contribution in [0.25, 0.3) is 5.52 Å². The maximum atomic E-state index is 13.0. The van der Waals surface area contributed by atoms with Crippen LogP contribution in [0.1, 0.15) is 46.3 Å². The summed E-state index contributed by atoms with van der Waals surface area (Å²) in [7, 11) is 1.66. The van der Waals surface area contributed by atoms with Crippen molar-refractivity contribution >= 4 is 17.3 Å². The minimum Gasteiger partial charge on any atom is -0.455 e. The number of likely N-dealkylation sites (tertiary alicyclic amines) is 1. The zero-order valence-electron chi connectivity index (χ0n) is 18.3. The lowest BCUT2D eigenvalue weighted by Gasteiger charge is -2.43. The van der Waals surface area contributed by atoms with E-state index in [-0.39, 0.29) is 23.8 Å². The van der Waals surface area contributed by atoms with Crippen LogP contribution in [0.3, 0.4) is 0 Å². The third-order valence-corrected chi connectivity index (χ3v) is 6.80. The van der Waals surface area contributed by atoms with Crippen LogP contribution in [0, 0.1) is 6.92 Å². The fourth-order valence-corrected chi connectivity index (χ4v) is 4.77. The first kappa shape index (κ1) is 20.5. The van der Waals surface area contributed by atoms with Crippen LogP contribution in [0.4, 0.5) is 0 Å². The highest BCUT2D eigenvalue weighted by atomic mass is 16.5. The monoisotopic (exact) mass is 434 g/mol. The summed E-state index contributed by atoms with van der Waals surface area (Å²) in [5, 5.41) is 16.9. The summed E-state index contributed by atoms with van der Waals surface area (Å²) >= 11 is 0. The average molecular weight is 434 g/mol. The Kier molecular flexibility index (Phi) is 4.89. The van der Waals surface area contributed by atoms with E-state index in [1.165, 1.54) is 0 Å². The van der Waals surface area contributed by atoms with E-state index in [2.05, 4.69) is 10.4 Å². The van der Waals surface area contributed by atoms with Crippen molar-refractivity contribution in [3.05, 3.63) is 58.9 Å². The molecule has 2 amide bonds. The molecule has 2 aliphatic rings. The fourth-order valence-electron chi connectivity index (χ4n) is 4.77. The SMILES string of the molecule is CNC(=O)[C@@H]1CCc2cc(Oc3ccnn4cc(C(=O)N5C[C@@H](O)[C@H]5C)c(C)c34)ccc21. The van der Waals surface area contributed by atoms with Crippen LogP contribution in [0.15, 0.2) is 36.7 Å². The standard InChI is InChI=1S/C24H26N4O4/c1-13-19(24(31)27-12-20(29)14(27)2)11-28-22(13)21(8-9-26-28)32-16-5-7-17-15(10-16)4-6-18(17)23(30)25-3/h5,7-11,14,18,20,29H,4,6,12H2,1-3H3,(H,25,30)/t14-,18-,20-/m1/s1. The lowest BCUT2D eigenvalue weighted by Crippen LogP contribution is -2.60. The molecule has 8 heteroatoms. The van der Waals surface area contributed by atoms with E-state index in [1.807, 2.05) is 32.0 Å². The molecule has 166 valence electrons. The van der Waals surface area contributed by atoms with E-state index in [0.29, 0.717) is 23.6 Å². The molecule has 3 atom stereocenters. The minimum atomic E-state index is -0.476. The van der Waals surface area contributed by atoms with Crippen LogP contribution in [0.2, 0.25) is 0 Å². The zero-order chi connectivity index (χ0) is 22.6. The number of aromatic nitrogens is 2. The second-order valence-electron chi connectivity index (χ2n) is 8.59. The van der Waals surface area contributed by atoms with Gasteiger partial charge in [-0.2, -0.15) is 5.10 Å². The zero-order valence-corrected chi connectivity index (χ0v) is 18.3. The van der Waals surface area contributed by atoms with Crippen molar-refractivity contribution in [2.24, 2.45) is 0 Å². The fraction of sp³-hybridized carbons (Fsp3) is 0.375. The number of aliphatic hydroxyl groups is 1. The number of benzene rings is 1. The Morgan fingerprint density at radius 1 is 1.28 bits per heavy atom. The van der Waals surface area contributed by atoms with Gasteiger partial charge in [-0.05, 0) is 55.5 Å². The summed E-state index contributed by atoms with van der Waals surface area (Å²) in [5.41, 5.74) is 4.24. The Morgan fingerprint density at radius 2 is 2.09 bits per heavy atom. The summed E-state index contributed by atoms with van der Waals surface area (Å²) in [6, 6.07) is 7.42. The Morgan fingerprint density at radius 3 is 2.81 bits per heavy atom. The van der Waals surface area contributed by atoms with Crippen molar-refractivity contribution in [3.63, 3.8) is 0 Å². The molecule has 0 radical (unpaired) electrons. The summed E-state index contributed by atoms with van der Waals surface area (Å²) < 4.78 is 7.89. The highest BCUT2D eigenvalue weighted by Crippen LogP contribution is 2.37. The molecule has 0 spiro atoms. The van der Waals surface area contributed by atoms with E-state index in [1.54, 1.807) is 34.9 Å². The van der Waals surface area contributed by atoms with Gasteiger partial charge in [-0.1, -0.05) is 6.07 Å². The molecule has 1 aliphatic carbocycles. The van der Waals surface area contributed by atoms with Gasteiger partial charge in [0.2, 0.25) is 5.91 Å². The molecule has 2 N–H and O–H groups in total. The average Bonchev–Trinajstić information content (AvgIpc) is 3.37. The third-order valence-electron chi connectivity index (χ3n) is 6.80. The maximum absolute atomic E-state index is 13.0. The molecule has 1 saturated heterocycles. The number of rotatable bonds is 4. The largest absolute Gasteiger partial charge is 0.455 e. The summed E-state index contributed by atoms with van der Waals surface area (Å²) in [6.07, 6.45) is 4.51. The van der Waals surface area contributed by atoms with Crippen molar-refractivity contribution in [1.29, 1.82) is 0 Å². The van der Waals surface area contributed by atoms with Crippen LogP contribution in [-0.2, 0) is 11.2 Å². The van der Waals surface area contributed by atoms with Gasteiger partial charge in [0.1, 0.15) is 11.3 Å². The number of nitrogens with zero attached hydrogens (tertiary/aromatic N) is 3. The quantitative estimate of drug-likeness (QED) is 0.658. The molecule has 2 aromatic heterocycles. The predicted molar refractivity (Wildman–Crippen MR) is 118 cm³/mol. The van der Waals surface area contributed by atoms with Crippen molar-refractivity contribution in [1.82, 2.24) is 19.8 Å². The molecule has 1 aliphatic heterocycles. The second kappa shape index (κ2) is 7.63. The van der Waals surface area contributed by atoms with Gasteiger partial charge >= 0.3 is 0 Å². The van der Waals surface area contributed by atoms with Crippen molar-refractivity contribution in [3.8, 4) is 11.5 Å². The van der Waals surface area contributed by atoms with Gasteiger partial charge in [-0.25, -0.2) is 4.52 Å². The van der Waals surface area contributed by atoms with Crippen LogP contribution in [-0.4, -0.2) is 57.2 Å². The Hall–Kier alpha value is -3.39. The van der Waals surface area contributed by atoms with Gasteiger partial charge in [0.25, 0.3) is 5.91 Å². The molecule has 5 rings (SSSR count). The second-order valence-corrected chi connectivity index (χ2v) is 8.59. The number of likely N-dealkylation sites (N-methyl/N-ethyl adjacent to an activating group) is 1. The molecule has 3 heterocycles. The minimum absolute atomic E-state index is 0.0401. The number of carbonyl (C=O) groups is 2. The highest BCUT2D eigenvalue weighted by Gasteiger charge is 2.38. The first-order valence-electron chi connectivity index (χ1n) is 10.9. The number of nitrogens with one attached hydrogen (secondary N) is 1. The summed E-state index contributed by atoms with van der Waals surface area (Å²) in [6.45, 7) is 4.07. The van der Waals surface area contributed by atoms with E-state index >= 15 is 0 Å². The smallest absolute Gasteiger partial charge is 0.256 e. The van der Waals surface area contributed by atoms with Crippen LogP contribution >= 0.6 is 0 Å². The summed E-state index contributed by atoms with van der Waals surface area (Å²) in [4.78, 5) is 26.8. The topological polar surface area (TPSA) is 96.2 Å². The number of hydrogen-bond donors (Lipinski definition) is 2. The number of aryl methyl sites for hydroxylation is 2. The molecule has 8 nitrogen and oxygen atoms in total. The lowest BCUT2D eigenvalue weighted by molar-refractivity contribution is -0.122. The van der Waals surface area contributed by atoms with Gasteiger partial charge in [0.05, 0.1) is 29.8 Å². The predicted octanol–water partition coefficient (Wildman–Crippen LogP) is 2.42. The van der Waals surface area contributed by atoms with Gasteiger partial charge < -0.3 is 20.1 Å². The van der Waals surface area contributed by atoms with Crippen molar-refractivity contribution < 1.29 is 19.4 Å². The number of β-amino-alcohol motifs (C(OH)–C–C–N with tert-alkyl or cyclic N) is 1. The van der Waals surface area contributed by atoms with E-state index < -0.39 is 6.10 Å². The molecular formula is C24H26N4O4. The maximum Gasteiger partial charge on any atom is 0.256 e. The molecule has 0 saturated carbocycles. The normalized spacial score (nSPS) is 21.9. The molecular weight excluding hydrogens is 408 g/mol. The lowest BCUT2D eigenvalue weighted by atomic mass is 9.99. The molecule has 0 bridgehead atoms. The highest BCUT2D eigenvalue weighted by molar-refractivity contribution is 5.99. The number of aliphatic hydroxyl groups excluding tert-OH is 1. The van der Waals surface area contributed by atoms with Crippen molar-refractivity contribution in [2.75, 3.05) is 13.6 Å². The number of fused-ring (bicyclic) bond motifs is 2. The molecule has 1 fully saturated rings. The first-order valence-corrected chi connectivity index (χ1v) is 10.9. The molecule has 32 heavy (non-hydrogen) atoms. The van der Waals surface area contributed by atoms with Gasteiger partial charge in [0, 0.05) is 25.9 Å². The first-order chi connectivity index (χ1) is 15.4.